The van der Waals surface area contributed by atoms with E-state index in [0.29, 0.717) is 12.1 Å². The minimum atomic E-state index is -3.80. The Morgan fingerprint density at radius 3 is 2.25 bits per heavy atom. The van der Waals surface area contributed by atoms with Gasteiger partial charge in [-0.1, -0.05) is 0 Å². The third kappa shape index (κ3) is 3.31. The van der Waals surface area contributed by atoms with Gasteiger partial charge in [-0.05, 0) is 18.1 Å². The van der Waals surface area contributed by atoms with Crippen molar-refractivity contribution in [1.82, 2.24) is 0 Å². The highest BCUT2D eigenvalue weighted by Crippen LogP contribution is 2.17. The van der Waals surface area contributed by atoms with Crippen LogP contribution >= 0.6 is 0 Å². The molecule has 1 rings (SSSR count). The van der Waals surface area contributed by atoms with Crippen LogP contribution < -0.4 is 0 Å². The lowest BCUT2D eigenvalue weighted by Gasteiger charge is -2.14. The van der Waals surface area contributed by atoms with Crippen LogP contribution in [0.4, 0.5) is 13.2 Å². The summed E-state index contributed by atoms with van der Waals surface area (Å²) in [6.07, 6.45) is -0.129. The van der Waals surface area contributed by atoms with Gasteiger partial charge in [-0.2, -0.15) is 0 Å². The van der Waals surface area contributed by atoms with Gasteiger partial charge in [0.05, 0.1) is 0 Å². The summed E-state index contributed by atoms with van der Waals surface area (Å²) in [6, 6.07) is 0.908. The molecule has 7 heteroatoms. The molecule has 16 heavy (non-hydrogen) atoms. The van der Waals surface area contributed by atoms with Gasteiger partial charge < -0.3 is 14.0 Å². The molecule has 3 nitrogen and oxygen atoms in total. The number of aryl methyl sites for hydroxylation is 1. The molecule has 0 spiro atoms. The predicted molar refractivity (Wildman–Crippen MR) is 52.0 cm³/mol. The number of halogens is 3. The lowest BCUT2D eigenvalue weighted by Crippen LogP contribution is -2.37. The maximum atomic E-state index is 13.1. The molecule has 1 aromatic rings. The molecule has 0 heterocycles. The first-order valence-corrected chi connectivity index (χ1v) is 6.50. The van der Waals surface area contributed by atoms with Crippen LogP contribution in [-0.2, 0) is 10.8 Å². The van der Waals surface area contributed by atoms with Crippen LogP contribution in [0.15, 0.2) is 12.1 Å². The molecule has 0 saturated carbocycles. The van der Waals surface area contributed by atoms with E-state index in [2.05, 4.69) is 4.43 Å². The highest BCUT2D eigenvalue weighted by atomic mass is 28.4. The number of hydrogen-bond donors (Lipinski definition) is 2. The minimum Gasteiger partial charge on any atom is -0.390 e. The summed E-state index contributed by atoms with van der Waals surface area (Å²) in [5.74, 6) is -3.36. The van der Waals surface area contributed by atoms with Gasteiger partial charge in [0.25, 0.3) is 0 Å². The molecule has 0 unspecified atom stereocenters. The van der Waals surface area contributed by atoms with Crippen LogP contribution in [0.1, 0.15) is 5.56 Å². The molecule has 0 saturated heterocycles. The van der Waals surface area contributed by atoms with E-state index in [9.17, 15) is 22.8 Å². The second kappa shape index (κ2) is 4.96. The smallest absolute Gasteiger partial charge is 0.390 e. The SMILES string of the molecule is CO[Si](O)(O)CCc1cc(F)c(F)cc1F. The van der Waals surface area contributed by atoms with E-state index in [1.165, 1.54) is 0 Å². The normalized spacial score (nSPS) is 11.9. The number of rotatable bonds is 4. The Kier molecular flexibility index (Phi) is 4.08. The van der Waals surface area contributed by atoms with Crippen LogP contribution in [0.5, 0.6) is 0 Å². The van der Waals surface area contributed by atoms with Gasteiger partial charge in [0.1, 0.15) is 5.82 Å². The molecule has 0 aliphatic carbocycles. The summed E-state index contributed by atoms with van der Waals surface area (Å²) in [7, 11) is -2.68. The van der Waals surface area contributed by atoms with E-state index >= 15 is 0 Å². The highest BCUT2D eigenvalue weighted by molar-refractivity contribution is 6.57. The Balaban J connectivity index is 2.79. The van der Waals surface area contributed by atoms with Gasteiger partial charge >= 0.3 is 8.80 Å². The predicted octanol–water partition coefficient (Wildman–Crippen LogP) is 1.22. The van der Waals surface area contributed by atoms with Crippen LogP contribution in [0.25, 0.3) is 0 Å². The van der Waals surface area contributed by atoms with Gasteiger partial charge in [-0.3, -0.25) is 0 Å². The summed E-state index contributed by atoms with van der Waals surface area (Å²) in [6.45, 7) is 0. The van der Waals surface area contributed by atoms with Crippen molar-refractivity contribution in [2.24, 2.45) is 0 Å². The Bertz CT molecular complexity index is 385. The topological polar surface area (TPSA) is 49.7 Å². The van der Waals surface area contributed by atoms with Crippen LogP contribution in [0.2, 0.25) is 6.04 Å². The summed E-state index contributed by atoms with van der Waals surface area (Å²) in [4.78, 5) is 18.4. The van der Waals surface area contributed by atoms with E-state index in [0.717, 1.165) is 7.11 Å². The van der Waals surface area contributed by atoms with Crippen molar-refractivity contribution in [1.29, 1.82) is 0 Å². The molecular weight excluding hydrogens is 241 g/mol. The van der Waals surface area contributed by atoms with Crippen molar-refractivity contribution in [2.45, 2.75) is 12.5 Å². The molecule has 0 aromatic heterocycles. The van der Waals surface area contributed by atoms with Crippen LogP contribution in [0.3, 0.4) is 0 Å². The summed E-state index contributed by atoms with van der Waals surface area (Å²) in [5, 5.41) is 0. The Morgan fingerprint density at radius 2 is 1.69 bits per heavy atom. The molecule has 0 fully saturated rings. The fraction of sp³-hybridized carbons (Fsp3) is 0.333. The van der Waals surface area contributed by atoms with E-state index in [1.807, 2.05) is 0 Å². The molecule has 0 radical (unpaired) electrons. The minimum absolute atomic E-state index is 0.115. The third-order valence-corrected chi connectivity index (χ3v) is 3.69. The average molecular weight is 252 g/mol. The summed E-state index contributed by atoms with van der Waals surface area (Å²) >= 11 is 0. The Hall–Kier alpha value is -0.893. The summed E-state index contributed by atoms with van der Waals surface area (Å²) in [5.41, 5.74) is -0.115. The number of hydrogen-bond acceptors (Lipinski definition) is 3. The fourth-order valence-corrected chi connectivity index (χ4v) is 1.95. The maximum Gasteiger partial charge on any atom is 0.495 e. The van der Waals surface area contributed by atoms with Crippen molar-refractivity contribution in [3.8, 4) is 0 Å². The van der Waals surface area contributed by atoms with Crippen molar-refractivity contribution < 1.29 is 27.2 Å². The monoisotopic (exact) mass is 252 g/mol. The van der Waals surface area contributed by atoms with Gasteiger partial charge in [0.2, 0.25) is 0 Å². The molecular formula is C9H11F3O3Si. The van der Waals surface area contributed by atoms with Gasteiger partial charge in [0.15, 0.2) is 11.6 Å². The lowest BCUT2D eigenvalue weighted by molar-refractivity contribution is 0.184. The van der Waals surface area contributed by atoms with Gasteiger partial charge in [-0.15, -0.1) is 0 Å². The van der Waals surface area contributed by atoms with Gasteiger partial charge in [-0.25, -0.2) is 13.2 Å². The molecule has 2 N–H and O–H groups in total. The first kappa shape index (κ1) is 13.2. The van der Waals surface area contributed by atoms with Crippen molar-refractivity contribution >= 4 is 8.80 Å². The molecule has 1 aromatic carbocycles. The molecule has 0 atom stereocenters. The lowest BCUT2D eigenvalue weighted by atomic mass is 10.1. The first-order valence-electron chi connectivity index (χ1n) is 4.49. The zero-order valence-corrected chi connectivity index (χ0v) is 9.51. The van der Waals surface area contributed by atoms with E-state index in [4.69, 9.17) is 0 Å². The standard InChI is InChI=1S/C9H11F3O3Si/c1-15-16(13,14)3-2-6-4-8(11)9(12)5-7(6)10/h4-5,13-14H,2-3H2,1H3. The first-order chi connectivity index (χ1) is 7.35. The largest absolute Gasteiger partial charge is 0.495 e. The zero-order valence-electron chi connectivity index (χ0n) is 8.51. The zero-order chi connectivity index (χ0) is 12.3. The average Bonchev–Trinajstić information content (AvgIpc) is 2.22. The quantitative estimate of drug-likeness (QED) is 0.625. The van der Waals surface area contributed by atoms with E-state index in [1.54, 1.807) is 0 Å². The molecule has 0 bridgehead atoms. The second-order valence-electron chi connectivity index (χ2n) is 3.30. The van der Waals surface area contributed by atoms with Gasteiger partial charge in [0, 0.05) is 19.2 Å². The molecule has 0 aliphatic rings. The van der Waals surface area contributed by atoms with E-state index < -0.39 is 26.3 Å². The van der Waals surface area contributed by atoms with E-state index in [-0.39, 0.29) is 18.0 Å². The second-order valence-corrected chi connectivity index (χ2v) is 5.70. The maximum absolute atomic E-state index is 13.1. The highest BCUT2D eigenvalue weighted by Gasteiger charge is 2.30. The molecule has 0 aliphatic heterocycles. The van der Waals surface area contributed by atoms with Crippen molar-refractivity contribution in [3.05, 3.63) is 35.1 Å². The molecule has 90 valence electrons. The Labute approximate surface area is 91.5 Å². The molecule has 0 amide bonds. The summed E-state index contributed by atoms with van der Waals surface area (Å²) < 4.78 is 42.9. The van der Waals surface area contributed by atoms with Crippen molar-refractivity contribution in [2.75, 3.05) is 7.11 Å². The fourth-order valence-electron chi connectivity index (χ4n) is 1.15. The van der Waals surface area contributed by atoms with Crippen molar-refractivity contribution in [3.63, 3.8) is 0 Å². The van der Waals surface area contributed by atoms with Crippen LogP contribution in [-0.4, -0.2) is 25.5 Å². The van der Waals surface area contributed by atoms with Crippen LogP contribution in [0, 0.1) is 17.5 Å². The third-order valence-electron chi connectivity index (χ3n) is 2.14. The Morgan fingerprint density at radius 1 is 1.12 bits per heavy atom. The number of benzene rings is 1.